The molecular formula is C19H25N5O. The molecule has 1 amide bonds. The van der Waals surface area contributed by atoms with Gasteiger partial charge in [-0.2, -0.15) is 0 Å². The summed E-state index contributed by atoms with van der Waals surface area (Å²) in [6, 6.07) is 10.2. The third kappa shape index (κ3) is 3.18. The van der Waals surface area contributed by atoms with Gasteiger partial charge in [0.25, 0.3) is 5.91 Å². The van der Waals surface area contributed by atoms with Gasteiger partial charge in [-0.05, 0) is 37.8 Å². The van der Waals surface area contributed by atoms with Crippen LogP contribution in [0.2, 0.25) is 0 Å². The van der Waals surface area contributed by atoms with E-state index in [4.69, 9.17) is 0 Å². The summed E-state index contributed by atoms with van der Waals surface area (Å²) in [5.41, 5.74) is 2.48. The maximum absolute atomic E-state index is 12.9. The summed E-state index contributed by atoms with van der Waals surface area (Å²) in [5.74, 6) is -0.0695. The van der Waals surface area contributed by atoms with E-state index in [1.807, 2.05) is 29.8 Å². The molecule has 2 aliphatic rings. The Balaban J connectivity index is 1.53. The van der Waals surface area contributed by atoms with Crippen molar-refractivity contribution in [1.82, 2.24) is 25.2 Å². The number of carbonyl (C=O) groups excluding carboxylic acids is 1. The topological polar surface area (TPSA) is 63.1 Å². The number of benzene rings is 1. The third-order valence-electron chi connectivity index (χ3n) is 5.50. The van der Waals surface area contributed by atoms with E-state index < -0.39 is 0 Å². The van der Waals surface area contributed by atoms with Crippen LogP contribution in [0.5, 0.6) is 0 Å². The zero-order valence-electron chi connectivity index (χ0n) is 14.7. The molecule has 0 aliphatic carbocycles. The second-order valence-corrected chi connectivity index (χ2v) is 7.25. The number of aromatic nitrogens is 3. The van der Waals surface area contributed by atoms with Crippen LogP contribution in [0.25, 0.3) is 0 Å². The lowest BCUT2D eigenvalue weighted by atomic mass is 9.90. The lowest BCUT2D eigenvalue weighted by Gasteiger charge is -2.34. The van der Waals surface area contributed by atoms with Crippen molar-refractivity contribution in [1.29, 1.82) is 0 Å². The van der Waals surface area contributed by atoms with Crippen LogP contribution in [-0.4, -0.2) is 51.0 Å². The zero-order chi connectivity index (χ0) is 17.3. The number of rotatable bonds is 5. The van der Waals surface area contributed by atoms with Gasteiger partial charge < -0.3 is 10.2 Å². The van der Waals surface area contributed by atoms with Crippen molar-refractivity contribution in [2.75, 3.05) is 19.6 Å². The number of fused-ring (bicyclic) bond motifs is 2. The van der Waals surface area contributed by atoms with E-state index in [9.17, 15) is 4.79 Å². The summed E-state index contributed by atoms with van der Waals surface area (Å²) in [5, 5.41) is 11.8. The third-order valence-corrected chi connectivity index (χ3v) is 5.50. The Morgan fingerprint density at radius 2 is 2.08 bits per heavy atom. The monoisotopic (exact) mass is 339 g/mol. The normalized spacial score (nSPS) is 25.1. The minimum Gasteiger partial charge on any atom is -0.344 e. The fraction of sp³-hybridized carbons (Fsp3) is 0.526. The van der Waals surface area contributed by atoms with E-state index in [-0.39, 0.29) is 11.4 Å². The molecule has 132 valence electrons. The van der Waals surface area contributed by atoms with E-state index in [0.717, 1.165) is 56.6 Å². The molecule has 25 heavy (non-hydrogen) atoms. The summed E-state index contributed by atoms with van der Waals surface area (Å²) < 4.78 is 1.85. The predicted molar refractivity (Wildman–Crippen MR) is 95.4 cm³/mol. The Labute approximate surface area is 148 Å². The van der Waals surface area contributed by atoms with Crippen molar-refractivity contribution in [2.24, 2.45) is 0 Å². The van der Waals surface area contributed by atoms with Crippen LogP contribution in [0, 0.1) is 0 Å². The Morgan fingerprint density at radius 3 is 2.88 bits per heavy atom. The largest absolute Gasteiger partial charge is 0.344 e. The molecule has 2 fully saturated rings. The minimum absolute atomic E-state index is 0.0659. The lowest BCUT2D eigenvalue weighted by Crippen LogP contribution is -2.53. The second-order valence-electron chi connectivity index (χ2n) is 7.25. The van der Waals surface area contributed by atoms with Gasteiger partial charge in [0, 0.05) is 13.1 Å². The molecule has 1 N–H and O–H groups in total. The van der Waals surface area contributed by atoms with Crippen LogP contribution in [0.1, 0.15) is 47.9 Å². The van der Waals surface area contributed by atoms with Crippen molar-refractivity contribution < 1.29 is 4.79 Å². The molecule has 6 nitrogen and oxygen atoms in total. The highest BCUT2D eigenvalue weighted by Gasteiger charge is 2.42. The highest BCUT2D eigenvalue weighted by atomic mass is 16.2. The molecule has 2 unspecified atom stereocenters. The number of nitrogens with zero attached hydrogens (tertiary/aromatic N) is 4. The van der Waals surface area contributed by atoms with E-state index in [2.05, 4.69) is 32.7 Å². The van der Waals surface area contributed by atoms with Crippen LogP contribution in [0.4, 0.5) is 0 Å². The summed E-state index contributed by atoms with van der Waals surface area (Å²) in [6.07, 6.45) is 4.00. The minimum atomic E-state index is -0.0695. The molecule has 3 heterocycles. The molecule has 0 radical (unpaired) electrons. The average molecular weight is 339 g/mol. The first-order chi connectivity index (χ1) is 12.2. The molecule has 2 atom stereocenters. The van der Waals surface area contributed by atoms with Crippen LogP contribution in [-0.2, 0) is 13.0 Å². The molecular weight excluding hydrogens is 314 g/mol. The lowest BCUT2D eigenvalue weighted by molar-refractivity contribution is 0.0871. The first-order valence-electron chi connectivity index (χ1n) is 9.20. The van der Waals surface area contributed by atoms with Gasteiger partial charge >= 0.3 is 0 Å². The fourth-order valence-electron chi connectivity index (χ4n) is 4.20. The molecule has 2 bridgehead atoms. The average Bonchev–Trinajstić information content (AvgIpc) is 3.16. The number of hydrogen-bond acceptors (Lipinski definition) is 4. The van der Waals surface area contributed by atoms with E-state index in [1.165, 1.54) is 0 Å². The van der Waals surface area contributed by atoms with Gasteiger partial charge in [-0.25, -0.2) is 4.68 Å². The highest BCUT2D eigenvalue weighted by Crippen LogP contribution is 2.31. The fourth-order valence-corrected chi connectivity index (χ4v) is 4.20. The number of nitrogens with one attached hydrogen (secondary N) is 1. The van der Waals surface area contributed by atoms with E-state index >= 15 is 0 Å². The zero-order valence-corrected chi connectivity index (χ0v) is 14.7. The molecule has 1 aromatic carbocycles. The Hall–Kier alpha value is -2.21. The molecule has 2 saturated heterocycles. The molecule has 0 spiro atoms. The number of piperidine rings is 1. The highest BCUT2D eigenvalue weighted by molar-refractivity contribution is 5.93. The molecule has 0 saturated carbocycles. The van der Waals surface area contributed by atoms with Crippen LogP contribution < -0.4 is 5.32 Å². The van der Waals surface area contributed by atoms with Crippen molar-refractivity contribution in [3.05, 3.63) is 47.3 Å². The molecule has 2 aliphatic heterocycles. The molecule has 4 rings (SSSR count). The Kier molecular flexibility index (Phi) is 4.29. The molecule has 2 aromatic rings. The van der Waals surface area contributed by atoms with Gasteiger partial charge in [-0.3, -0.25) is 4.79 Å². The van der Waals surface area contributed by atoms with Gasteiger partial charge in [0.2, 0.25) is 0 Å². The Morgan fingerprint density at radius 1 is 1.24 bits per heavy atom. The summed E-state index contributed by atoms with van der Waals surface area (Å²) in [7, 11) is 0. The van der Waals surface area contributed by atoms with Crippen LogP contribution in [0.15, 0.2) is 30.3 Å². The van der Waals surface area contributed by atoms with Gasteiger partial charge in [0.1, 0.15) is 0 Å². The quantitative estimate of drug-likeness (QED) is 0.903. The van der Waals surface area contributed by atoms with Crippen LogP contribution >= 0.6 is 0 Å². The standard InChI is InChI=1S/C19H25N5O/c1-2-16-17(21-22-24(16)13-15-7-4-3-5-8-15)18(25)20-19-9-6-11-23(14-19)12-10-19/h3-5,7-8H,2,6,9-14H2,1H3,(H,20,25). The maximum atomic E-state index is 12.9. The molecule has 1 aromatic heterocycles. The summed E-state index contributed by atoms with van der Waals surface area (Å²) in [4.78, 5) is 15.3. The first-order valence-corrected chi connectivity index (χ1v) is 9.20. The maximum Gasteiger partial charge on any atom is 0.274 e. The number of hydrogen-bond donors (Lipinski definition) is 1. The summed E-state index contributed by atoms with van der Waals surface area (Å²) >= 11 is 0. The summed E-state index contributed by atoms with van der Waals surface area (Å²) in [6.45, 7) is 5.90. The van der Waals surface area contributed by atoms with Gasteiger partial charge in [-0.1, -0.05) is 42.5 Å². The Bertz CT molecular complexity index is 752. The number of amides is 1. The van der Waals surface area contributed by atoms with Crippen molar-refractivity contribution >= 4 is 5.91 Å². The van der Waals surface area contributed by atoms with Crippen LogP contribution in [0.3, 0.4) is 0 Å². The predicted octanol–water partition coefficient (Wildman–Crippen LogP) is 1.86. The van der Waals surface area contributed by atoms with Gasteiger partial charge in [0.15, 0.2) is 5.69 Å². The first kappa shape index (κ1) is 16.3. The number of carbonyl (C=O) groups is 1. The van der Waals surface area contributed by atoms with Crippen molar-refractivity contribution in [2.45, 2.75) is 44.7 Å². The van der Waals surface area contributed by atoms with Gasteiger partial charge in [-0.15, -0.1) is 5.10 Å². The van der Waals surface area contributed by atoms with E-state index in [1.54, 1.807) is 0 Å². The smallest absolute Gasteiger partial charge is 0.274 e. The SMILES string of the molecule is CCc1c(C(=O)NC23CCCN(CC2)C3)nnn1Cc1ccccc1. The molecule has 6 heteroatoms. The van der Waals surface area contributed by atoms with Gasteiger partial charge in [0.05, 0.1) is 17.8 Å². The van der Waals surface area contributed by atoms with Crippen molar-refractivity contribution in [3.8, 4) is 0 Å². The van der Waals surface area contributed by atoms with E-state index in [0.29, 0.717) is 12.2 Å². The second kappa shape index (κ2) is 6.59. The van der Waals surface area contributed by atoms with Crippen molar-refractivity contribution in [3.63, 3.8) is 0 Å².